The zero-order valence-electron chi connectivity index (χ0n) is 20.9. The van der Waals surface area contributed by atoms with E-state index in [-0.39, 0.29) is 18.5 Å². The minimum absolute atomic E-state index is 0.128. The average Bonchev–Trinajstić information content (AvgIpc) is 2.88. The minimum Gasteiger partial charge on any atom is -0.491 e. The maximum atomic E-state index is 13.7. The van der Waals surface area contributed by atoms with Crippen molar-refractivity contribution in [1.29, 1.82) is 0 Å². The van der Waals surface area contributed by atoms with Gasteiger partial charge >= 0.3 is 0 Å². The lowest BCUT2D eigenvalue weighted by Crippen LogP contribution is -2.52. The third-order valence-corrected chi connectivity index (χ3v) is 6.89. The number of hydrogen-bond donors (Lipinski definition) is 2. The van der Waals surface area contributed by atoms with Gasteiger partial charge in [0, 0.05) is 32.2 Å². The number of halogens is 2. The van der Waals surface area contributed by atoms with Gasteiger partial charge in [0.2, 0.25) is 0 Å². The summed E-state index contributed by atoms with van der Waals surface area (Å²) in [5.41, 5.74) is 1.94. The Labute approximate surface area is 222 Å². The number of ether oxygens (including phenoxy) is 1. The van der Waals surface area contributed by atoms with Crippen LogP contribution >= 0.6 is 11.6 Å². The van der Waals surface area contributed by atoms with E-state index in [1.165, 1.54) is 12.1 Å². The number of aliphatic hydroxyl groups is 2. The van der Waals surface area contributed by atoms with Gasteiger partial charge < -0.3 is 19.8 Å². The van der Waals surface area contributed by atoms with Crippen molar-refractivity contribution in [2.75, 3.05) is 37.7 Å². The highest BCUT2D eigenvalue weighted by atomic mass is 35.5. The third kappa shape index (κ3) is 6.60. The summed E-state index contributed by atoms with van der Waals surface area (Å²) in [7, 11) is 0. The monoisotopic (exact) mass is 523 g/mol. The van der Waals surface area contributed by atoms with Gasteiger partial charge in [-0.2, -0.15) is 0 Å². The molecule has 3 atom stereocenters. The smallest absolute Gasteiger partial charge is 0.187 e. The Bertz CT molecular complexity index is 1240. The summed E-state index contributed by atoms with van der Waals surface area (Å²) in [5, 5.41) is 21.3. The lowest BCUT2D eigenvalue weighted by atomic mass is 9.93. The summed E-state index contributed by atoms with van der Waals surface area (Å²) in [5.74, 6) is 0.276. The molecule has 1 fully saturated rings. The van der Waals surface area contributed by atoms with Crippen molar-refractivity contribution in [2.45, 2.75) is 31.6 Å². The van der Waals surface area contributed by atoms with Crippen molar-refractivity contribution in [3.63, 3.8) is 0 Å². The van der Waals surface area contributed by atoms with E-state index < -0.39 is 11.7 Å². The molecule has 0 unspecified atom stereocenters. The maximum Gasteiger partial charge on any atom is 0.187 e. The standard InChI is InChI=1S/C29H31ClFN3O3/c1-20(35)18-37-25-12-13-27(26(30)16-25)34-15-14-33(17-28(34)21-4-8-23(31)9-5-21)19-29(2,36)22-6-10-24(32-3)11-7-22/h4-13,16,20,28,35-36H,14-15,17-19H2,1-2H3/t20-,28-,29+/m0/s1. The Hall–Kier alpha value is -3.15. The molecule has 194 valence electrons. The average molecular weight is 524 g/mol. The van der Waals surface area contributed by atoms with Crippen molar-refractivity contribution in [2.24, 2.45) is 0 Å². The number of hydrogen-bond acceptors (Lipinski definition) is 5. The summed E-state index contributed by atoms with van der Waals surface area (Å²) in [6.07, 6.45) is -0.586. The molecule has 0 amide bonds. The number of β-amino-alcohol motifs (C(OH)–C–C–N with tert-alkyl or cyclic N) is 1. The molecule has 1 aliphatic heterocycles. The lowest BCUT2D eigenvalue weighted by Gasteiger charge is -2.45. The van der Waals surface area contributed by atoms with Gasteiger partial charge in [-0.05, 0) is 49.2 Å². The fraction of sp³-hybridized carbons (Fsp3) is 0.345. The van der Waals surface area contributed by atoms with Gasteiger partial charge in [-0.15, -0.1) is 0 Å². The van der Waals surface area contributed by atoms with E-state index in [1.54, 1.807) is 56.3 Å². The second kappa shape index (κ2) is 11.5. The first-order valence-electron chi connectivity index (χ1n) is 12.2. The van der Waals surface area contributed by atoms with E-state index >= 15 is 0 Å². The van der Waals surface area contributed by atoms with Gasteiger partial charge in [0.05, 0.1) is 35.0 Å². The molecule has 1 saturated heterocycles. The molecule has 8 heteroatoms. The Morgan fingerprint density at radius 3 is 2.46 bits per heavy atom. The van der Waals surface area contributed by atoms with Gasteiger partial charge in [0.15, 0.2) is 5.69 Å². The van der Waals surface area contributed by atoms with Crippen molar-refractivity contribution in [3.05, 3.63) is 100 Å². The Morgan fingerprint density at radius 1 is 1.14 bits per heavy atom. The molecule has 0 saturated carbocycles. The van der Waals surface area contributed by atoms with Crippen LogP contribution in [-0.4, -0.2) is 54.0 Å². The molecule has 3 aromatic carbocycles. The lowest BCUT2D eigenvalue weighted by molar-refractivity contribution is 0.0103. The number of piperazine rings is 1. The molecule has 0 radical (unpaired) electrons. The second-order valence-corrected chi connectivity index (χ2v) is 10.1. The van der Waals surface area contributed by atoms with Crippen LogP contribution in [0.15, 0.2) is 66.7 Å². The third-order valence-electron chi connectivity index (χ3n) is 6.59. The largest absolute Gasteiger partial charge is 0.491 e. The Kier molecular flexibility index (Phi) is 8.35. The molecular formula is C29H31ClFN3O3. The quantitative estimate of drug-likeness (QED) is 0.378. The topological polar surface area (TPSA) is 60.5 Å². The molecule has 6 nitrogen and oxygen atoms in total. The van der Waals surface area contributed by atoms with Crippen molar-refractivity contribution in [1.82, 2.24) is 4.90 Å². The summed E-state index contributed by atoms with van der Waals surface area (Å²) in [4.78, 5) is 7.82. The van der Waals surface area contributed by atoms with Crippen LogP contribution in [0.25, 0.3) is 4.85 Å². The zero-order valence-corrected chi connectivity index (χ0v) is 21.7. The van der Waals surface area contributed by atoms with Gasteiger partial charge in [0.1, 0.15) is 18.2 Å². The molecule has 0 aromatic heterocycles. The van der Waals surface area contributed by atoms with Crippen LogP contribution < -0.4 is 9.64 Å². The summed E-state index contributed by atoms with van der Waals surface area (Å²) >= 11 is 6.68. The van der Waals surface area contributed by atoms with Gasteiger partial charge in [0.25, 0.3) is 0 Å². The van der Waals surface area contributed by atoms with Gasteiger partial charge in [-0.3, -0.25) is 4.90 Å². The second-order valence-electron chi connectivity index (χ2n) is 9.70. The first kappa shape index (κ1) is 26.9. The molecule has 0 spiro atoms. The molecule has 4 rings (SSSR count). The zero-order chi connectivity index (χ0) is 26.6. The van der Waals surface area contributed by atoms with Crippen molar-refractivity contribution >= 4 is 23.0 Å². The van der Waals surface area contributed by atoms with Crippen LogP contribution in [0.4, 0.5) is 15.8 Å². The predicted octanol–water partition coefficient (Wildman–Crippen LogP) is 5.56. The van der Waals surface area contributed by atoms with Crippen LogP contribution in [0, 0.1) is 12.4 Å². The molecule has 1 aliphatic rings. The first-order chi connectivity index (χ1) is 17.7. The maximum absolute atomic E-state index is 13.7. The van der Waals surface area contributed by atoms with E-state index in [0.29, 0.717) is 42.6 Å². The fourth-order valence-electron chi connectivity index (χ4n) is 4.69. The number of rotatable bonds is 8. The van der Waals surface area contributed by atoms with Gasteiger partial charge in [-0.1, -0.05) is 48.0 Å². The SMILES string of the molecule is [C-]#[N+]c1ccc([C@](C)(O)CN2CCN(c3ccc(OC[C@H](C)O)cc3Cl)[C@H](c3ccc(F)cc3)C2)cc1. The molecule has 0 aliphatic carbocycles. The minimum atomic E-state index is -1.11. The van der Waals surface area contributed by atoms with Crippen LogP contribution in [0.1, 0.15) is 31.0 Å². The van der Waals surface area contributed by atoms with Crippen LogP contribution in [0.5, 0.6) is 5.75 Å². The highest BCUT2D eigenvalue weighted by Crippen LogP contribution is 2.38. The fourth-order valence-corrected chi connectivity index (χ4v) is 4.97. The molecule has 3 aromatic rings. The summed E-state index contributed by atoms with van der Waals surface area (Å²) < 4.78 is 19.3. The van der Waals surface area contributed by atoms with Crippen molar-refractivity contribution in [3.8, 4) is 5.75 Å². The Morgan fingerprint density at radius 2 is 1.84 bits per heavy atom. The van der Waals surface area contributed by atoms with Gasteiger partial charge in [-0.25, -0.2) is 9.24 Å². The van der Waals surface area contributed by atoms with E-state index in [9.17, 15) is 14.6 Å². The van der Waals surface area contributed by atoms with Crippen molar-refractivity contribution < 1.29 is 19.3 Å². The highest BCUT2D eigenvalue weighted by Gasteiger charge is 2.34. The number of nitrogens with zero attached hydrogens (tertiary/aromatic N) is 3. The predicted molar refractivity (Wildman–Crippen MR) is 144 cm³/mol. The number of benzene rings is 3. The first-order valence-corrected chi connectivity index (χ1v) is 12.6. The molecule has 0 bridgehead atoms. The van der Waals surface area contributed by atoms with E-state index in [1.807, 2.05) is 12.1 Å². The van der Waals surface area contributed by atoms with E-state index in [0.717, 1.165) is 16.8 Å². The van der Waals surface area contributed by atoms with Crippen LogP contribution in [-0.2, 0) is 5.60 Å². The molecule has 37 heavy (non-hydrogen) atoms. The highest BCUT2D eigenvalue weighted by molar-refractivity contribution is 6.33. The normalized spacial score (nSPS) is 18.6. The Balaban J connectivity index is 1.57. The molecular weight excluding hydrogens is 493 g/mol. The van der Waals surface area contributed by atoms with E-state index in [4.69, 9.17) is 22.9 Å². The number of anilines is 1. The summed E-state index contributed by atoms with van der Waals surface area (Å²) in [6.45, 7) is 13.1. The molecule has 1 heterocycles. The number of aliphatic hydroxyl groups excluding tert-OH is 1. The van der Waals surface area contributed by atoms with Crippen LogP contribution in [0.3, 0.4) is 0 Å². The molecule has 2 N–H and O–H groups in total. The van der Waals surface area contributed by atoms with E-state index in [2.05, 4.69) is 14.6 Å². The summed E-state index contributed by atoms with van der Waals surface area (Å²) in [6, 6.07) is 18.8. The van der Waals surface area contributed by atoms with Crippen LogP contribution in [0.2, 0.25) is 5.02 Å².